The SMILES string of the molecule is CNC(=O)[C@H](c1ccccc1)N(Cc1ccccc1)C(=O)CCc1ccc(S(=O)(=O)NC2CC2)cc1. The molecule has 1 aliphatic carbocycles. The Labute approximate surface area is 212 Å². The number of hydrogen-bond acceptors (Lipinski definition) is 4. The molecule has 188 valence electrons. The monoisotopic (exact) mass is 505 g/mol. The maximum atomic E-state index is 13.6. The average molecular weight is 506 g/mol. The van der Waals surface area contributed by atoms with Crippen LogP contribution in [0, 0.1) is 0 Å². The van der Waals surface area contributed by atoms with Crippen LogP contribution in [-0.4, -0.2) is 38.2 Å². The van der Waals surface area contributed by atoms with Crippen molar-refractivity contribution in [1.29, 1.82) is 0 Å². The van der Waals surface area contributed by atoms with Gasteiger partial charge in [0.15, 0.2) is 0 Å². The number of carbonyl (C=O) groups excluding carboxylic acids is 2. The highest BCUT2D eigenvalue weighted by Gasteiger charge is 2.31. The molecule has 1 aliphatic rings. The molecule has 7 nitrogen and oxygen atoms in total. The van der Waals surface area contributed by atoms with Crippen molar-refractivity contribution >= 4 is 21.8 Å². The molecule has 36 heavy (non-hydrogen) atoms. The van der Waals surface area contributed by atoms with Crippen LogP contribution in [0.1, 0.15) is 42.0 Å². The number of carbonyl (C=O) groups is 2. The lowest BCUT2D eigenvalue weighted by molar-refractivity contribution is -0.141. The van der Waals surface area contributed by atoms with E-state index in [9.17, 15) is 18.0 Å². The first kappa shape index (κ1) is 25.6. The lowest BCUT2D eigenvalue weighted by Gasteiger charge is -2.31. The van der Waals surface area contributed by atoms with E-state index in [0.717, 1.165) is 29.5 Å². The molecule has 0 saturated heterocycles. The van der Waals surface area contributed by atoms with Crippen LogP contribution in [0.4, 0.5) is 0 Å². The standard InChI is InChI=1S/C28H31N3O4S/c1-29-28(33)27(23-10-6-3-7-11-23)31(20-22-8-4-2-5-9-22)26(32)19-14-21-12-17-25(18-13-21)36(34,35)30-24-15-16-24/h2-13,17-18,24,27,30H,14-16,19-20H2,1H3,(H,29,33)/t27-/m0/s1. The van der Waals surface area contributed by atoms with E-state index in [4.69, 9.17) is 0 Å². The number of nitrogens with one attached hydrogen (secondary N) is 2. The summed E-state index contributed by atoms with van der Waals surface area (Å²) in [5, 5.41) is 2.70. The van der Waals surface area contributed by atoms with Crippen molar-refractivity contribution in [3.8, 4) is 0 Å². The summed E-state index contributed by atoms with van der Waals surface area (Å²) in [5.41, 5.74) is 2.51. The van der Waals surface area contributed by atoms with Crippen LogP contribution < -0.4 is 10.0 Å². The van der Waals surface area contributed by atoms with Gasteiger partial charge in [-0.05, 0) is 48.1 Å². The quantitative estimate of drug-likeness (QED) is 0.416. The van der Waals surface area contributed by atoms with E-state index >= 15 is 0 Å². The van der Waals surface area contributed by atoms with Gasteiger partial charge in [0.25, 0.3) is 0 Å². The maximum absolute atomic E-state index is 13.6. The predicted molar refractivity (Wildman–Crippen MR) is 138 cm³/mol. The molecule has 0 aromatic heterocycles. The largest absolute Gasteiger partial charge is 0.357 e. The predicted octanol–water partition coefficient (Wildman–Crippen LogP) is 3.58. The van der Waals surface area contributed by atoms with Gasteiger partial charge in [0, 0.05) is 26.1 Å². The lowest BCUT2D eigenvalue weighted by Crippen LogP contribution is -2.42. The van der Waals surface area contributed by atoms with Gasteiger partial charge in [-0.25, -0.2) is 13.1 Å². The van der Waals surface area contributed by atoms with Crippen LogP contribution in [0.2, 0.25) is 0 Å². The number of sulfonamides is 1. The molecule has 4 rings (SSSR count). The van der Waals surface area contributed by atoms with Crippen molar-refractivity contribution in [2.45, 2.75) is 49.2 Å². The number of rotatable bonds is 11. The Kier molecular flexibility index (Phi) is 8.18. The van der Waals surface area contributed by atoms with E-state index < -0.39 is 16.1 Å². The van der Waals surface area contributed by atoms with Crippen LogP contribution in [0.5, 0.6) is 0 Å². The summed E-state index contributed by atoms with van der Waals surface area (Å²) >= 11 is 0. The fraction of sp³-hybridized carbons (Fsp3) is 0.286. The lowest BCUT2D eigenvalue weighted by atomic mass is 10.0. The van der Waals surface area contributed by atoms with E-state index in [0.29, 0.717) is 6.42 Å². The van der Waals surface area contributed by atoms with E-state index in [1.807, 2.05) is 60.7 Å². The van der Waals surface area contributed by atoms with Crippen LogP contribution in [0.3, 0.4) is 0 Å². The molecule has 0 radical (unpaired) electrons. The first-order valence-corrected chi connectivity index (χ1v) is 13.6. The molecule has 0 unspecified atom stereocenters. The van der Waals surface area contributed by atoms with Gasteiger partial charge in [-0.15, -0.1) is 0 Å². The van der Waals surface area contributed by atoms with Crippen molar-refractivity contribution in [3.63, 3.8) is 0 Å². The highest BCUT2D eigenvalue weighted by atomic mass is 32.2. The van der Waals surface area contributed by atoms with Crippen LogP contribution in [0.15, 0.2) is 89.8 Å². The topological polar surface area (TPSA) is 95.6 Å². The maximum Gasteiger partial charge on any atom is 0.247 e. The third-order valence-electron chi connectivity index (χ3n) is 6.20. The Bertz CT molecular complexity index is 1280. The van der Waals surface area contributed by atoms with Gasteiger partial charge in [-0.1, -0.05) is 72.8 Å². The molecule has 0 heterocycles. The zero-order chi connectivity index (χ0) is 25.5. The Hall–Kier alpha value is -3.49. The van der Waals surface area contributed by atoms with Gasteiger partial charge < -0.3 is 10.2 Å². The van der Waals surface area contributed by atoms with Crippen molar-refractivity contribution in [3.05, 3.63) is 102 Å². The van der Waals surface area contributed by atoms with E-state index in [-0.39, 0.29) is 35.7 Å². The summed E-state index contributed by atoms with van der Waals surface area (Å²) in [7, 11) is -1.95. The number of benzene rings is 3. The average Bonchev–Trinajstić information content (AvgIpc) is 3.71. The van der Waals surface area contributed by atoms with Crippen LogP contribution in [0.25, 0.3) is 0 Å². The number of hydrogen-bond donors (Lipinski definition) is 2. The Balaban J connectivity index is 1.52. The Morgan fingerprint density at radius 1 is 0.889 bits per heavy atom. The Morgan fingerprint density at radius 2 is 1.50 bits per heavy atom. The molecule has 3 aromatic rings. The van der Waals surface area contributed by atoms with Gasteiger partial charge >= 0.3 is 0 Å². The Morgan fingerprint density at radius 3 is 2.08 bits per heavy atom. The minimum absolute atomic E-state index is 0.0424. The normalized spacial score (nSPS) is 14.1. The molecular weight excluding hydrogens is 474 g/mol. The van der Waals surface area contributed by atoms with Crippen LogP contribution in [-0.2, 0) is 32.6 Å². The number of amides is 2. The first-order valence-electron chi connectivity index (χ1n) is 12.1. The molecule has 1 fully saturated rings. The van der Waals surface area contributed by atoms with Crippen molar-refractivity contribution in [2.24, 2.45) is 0 Å². The van der Waals surface area contributed by atoms with Crippen molar-refractivity contribution in [2.75, 3.05) is 7.05 Å². The summed E-state index contributed by atoms with van der Waals surface area (Å²) < 4.78 is 27.5. The zero-order valence-corrected chi connectivity index (χ0v) is 21.1. The van der Waals surface area contributed by atoms with Gasteiger partial charge in [0.05, 0.1) is 4.90 Å². The highest BCUT2D eigenvalue weighted by Crippen LogP contribution is 2.26. The summed E-state index contributed by atoms with van der Waals surface area (Å²) in [6.07, 6.45) is 2.35. The van der Waals surface area contributed by atoms with E-state index in [1.165, 1.54) is 0 Å². The number of likely N-dealkylation sites (N-methyl/N-ethyl adjacent to an activating group) is 1. The summed E-state index contributed by atoms with van der Waals surface area (Å²) in [5.74, 6) is -0.424. The first-order chi connectivity index (χ1) is 17.4. The molecule has 8 heteroatoms. The number of nitrogens with zero attached hydrogens (tertiary/aromatic N) is 1. The second-order valence-electron chi connectivity index (χ2n) is 8.97. The fourth-order valence-electron chi connectivity index (χ4n) is 4.07. The molecule has 1 atom stereocenters. The molecule has 2 amide bonds. The summed E-state index contributed by atoms with van der Waals surface area (Å²) in [6, 6.07) is 24.7. The molecular formula is C28H31N3O4S. The fourth-order valence-corrected chi connectivity index (χ4v) is 5.37. The molecule has 3 aromatic carbocycles. The molecule has 0 aliphatic heterocycles. The second-order valence-corrected chi connectivity index (χ2v) is 10.7. The third-order valence-corrected chi connectivity index (χ3v) is 7.73. The molecule has 0 bridgehead atoms. The van der Waals surface area contributed by atoms with Crippen LogP contribution >= 0.6 is 0 Å². The summed E-state index contributed by atoms with van der Waals surface area (Å²) in [4.78, 5) is 28.4. The van der Waals surface area contributed by atoms with Gasteiger partial charge in [0.1, 0.15) is 6.04 Å². The summed E-state index contributed by atoms with van der Waals surface area (Å²) in [6.45, 7) is 0.288. The van der Waals surface area contributed by atoms with Gasteiger partial charge in [-0.3, -0.25) is 9.59 Å². The second kappa shape index (κ2) is 11.5. The highest BCUT2D eigenvalue weighted by molar-refractivity contribution is 7.89. The van der Waals surface area contributed by atoms with E-state index in [2.05, 4.69) is 10.0 Å². The van der Waals surface area contributed by atoms with Crippen molar-refractivity contribution in [1.82, 2.24) is 14.9 Å². The molecule has 1 saturated carbocycles. The smallest absolute Gasteiger partial charge is 0.247 e. The van der Waals surface area contributed by atoms with Gasteiger partial charge in [0.2, 0.25) is 21.8 Å². The number of aryl methyl sites for hydroxylation is 1. The van der Waals surface area contributed by atoms with Crippen molar-refractivity contribution < 1.29 is 18.0 Å². The molecule has 0 spiro atoms. The minimum atomic E-state index is -3.52. The third kappa shape index (κ3) is 6.59. The zero-order valence-electron chi connectivity index (χ0n) is 20.3. The minimum Gasteiger partial charge on any atom is -0.357 e. The molecule has 2 N–H and O–H groups in total. The van der Waals surface area contributed by atoms with E-state index in [1.54, 1.807) is 36.2 Å². The van der Waals surface area contributed by atoms with Gasteiger partial charge in [-0.2, -0.15) is 0 Å².